The third-order valence-electron chi connectivity index (χ3n) is 1.57. The molecule has 0 fully saturated rings. The molecular weight excluding hydrogens is 285 g/mol. The molecule has 0 amide bonds. The van der Waals surface area contributed by atoms with Gasteiger partial charge in [-0.2, -0.15) is 4.72 Å². The lowest BCUT2D eigenvalue weighted by atomic mass is 10.3. The molecule has 0 bridgehead atoms. The molecule has 1 aromatic carbocycles. The van der Waals surface area contributed by atoms with Crippen molar-refractivity contribution in [2.75, 3.05) is 6.54 Å². The molecule has 0 aliphatic rings. The van der Waals surface area contributed by atoms with Gasteiger partial charge in [0.15, 0.2) is 0 Å². The Morgan fingerprint density at radius 1 is 1.53 bits per heavy atom. The summed E-state index contributed by atoms with van der Waals surface area (Å²) in [6, 6.07) is 3.52. The van der Waals surface area contributed by atoms with Gasteiger partial charge in [0.25, 0.3) is 0 Å². The second-order valence-corrected chi connectivity index (χ2v) is 5.23. The van der Waals surface area contributed by atoms with E-state index < -0.39 is 15.8 Å². The maximum Gasteiger partial charge on any atom is 0.241 e. The highest BCUT2D eigenvalue weighted by molar-refractivity contribution is 9.10. The van der Waals surface area contributed by atoms with E-state index in [1.807, 2.05) is 0 Å². The van der Waals surface area contributed by atoms with E-state index in [0.717, 1.165) is 6.07 Å². The molecule has 80 valence electrons. The van der Waals surface area contributed by atoms with Gasteiger partial charge in [0, 0.05) is 0 Å². The Hall–Kier alpha value is -0.900. The fourth-order valence-electron chi connectivity index (χ4n) is 0.864. The van der Waals surface area contributed by atoms with Gasteiger partial charge in [0.1, 0.15) is 5.82 Å². The van der Waals surface area contributed by atoms with Crippen LogP contribution in [0.3, 0.4) is 0 Å². The summed E-state index contributed by atoms with van der Waals surface area (Å²) in [5.74, 6) is 1.49. The van der Waals surface area contributed by atoms with Crippen molar-refractivity contribution in [1.82, 2.24) is 4.72 Å². The van der Waals surface area contributed by atoms with Crippen molar-refractivity contribution in [1.29, 1.82) is 0 Å². The summed E-state index contributed by atoms with van der Waals surface area (Å²) < 4.78 is 38.3. The lowest BCUT2D eigenvalue weighted by molar-refractivity contribution is 0.581. The van der Waals surface area contributed by atoms with Crippen LogP contribution in [0.5, 0.6) is 0 Å². The predicted octanol–water partition coefficient (Wildman–Crippen LogP) is 1.50. The Balaban J connectivity index is 3.07. The van der Waals surface area contributed by atoms with Gasteiger partial charge in [-0.3, -0.25) is 0 Å². The number of rotatable bonds is 3. The van der Waals surface area contributed by atoms with E-state index in [-0.39, 0.29) is 15.9 Å². The number of hydrogen-bond acceptors (Lipinski definition) is 2. The van der Waals surface area contributed by atoms with E-state index >= 15 is 0 Å². The van der Waals surface area contributed by atoms with Crippen molar-refractivity contribution in [3.63, 3.8) is 0 Å². The van der Waals surface area contributed by atoms with Crippen LogP contribution in [0.4, 0.5) is 4.39 Å². The molecular formula is C9H7BrFNO2S. The van der Waals surface area contributed by atoms with Crippen molar-refractivity contribution < 1.29 is 12.8 Å². The van der Waals surface area contributed by atoms with Crippen LogP contribution in [-0.4, -0.2) is 15.0 Å². The molecule has 0 heterocycles. The van der Waals surface area contributed by atoms with Gasteiger partial charge in [-0.05, 0) is 34.1 Å². The summed E-state index contributed by atoms with van der Waals surface area (Å²) >= 11 is 2.93. The summed E-state index contributed by atoms with van der Waals surface area (Å²) in [4.78, 5) is -0.154. The van der Waals surface area contributed by atoms with Gasteiger partial charge in [0.05, 0.1) is 15.9 Å². The molecule has 6 heteroatoms. The molecule has 0 unspecified atom stereocenters. The average Bonchev–Trinajstić information content (AvgIpc) is 2.19. The van der Waals surface area contributed by atoms with Crippen LogP contribution in [-0.2, 0) is 10.0 Å². The van der Waals surface area contributed by atoms with Crippen LogP contribution in [0.15, 0.2) is 27.6 Å². The third-order valence-corrected chi connectivity index (χ3v) is 3.61. The van der Waals surface area contributed by atoms with Crippen LogP contribution >= 0.6 is 15.9 Å². The van der Waals surface area contributed by atoms with Crippen LogP contribution in [0, 0.1) is 18.2 Å². The minimum Gasteiger partial charge on any atom is -0.207 e. The molecule has 0 aliphatic carbocycles. The predicted molar refractivity (Wildman–Crippen MR) is 58.1 cm³/mol. The number of benzene rings is 1. The molecule has 0 atom stereocenters. The highest BCUT2D eigenvalue weighted by Crippen LogP contribution is 2.18. The van der Waals surface area contributed by atoms with Gasteiger partial charge in [-0.15, -0.1) is 6.42 Å². The van der Waals surface area contributed by atoms with Crippen LogP contribution in [0.2, 0.25) is 0 Å². The SMILES string of the molecule is C#CCNS(=O)(=O)c1ccc(Br)c(F)c1. The largest absolute Gasteiger partial charge is 0.241 e. The first-order valence-electron chi connectivity index (χ1n) is 3.85. The number of sulfonamides is 1. The Morgan fingerprint density at radius 2 is 2.20 bits per heavy atom. The summed E-state index contributed by atoms with van der Waals surface area (Å²) in [5.41, 5.74) is 0. The van der Waals surface area contributed by atoms with Crippen molar-refractivity contribution >= 4 is 26.0 Å². The highest BCUT2D eigenvalue weighted by atomic mass is 79.9. The van der Waals surface area contributed by atoms with Gasteiger partial charge in [0.2, 0.25) is 10.0 Å². The first kappa shape index (κ1) is 12.2. The van der Waals surface area contributed by atoms with E-state index in [4.69, 9.17) is 6.42 Å². The van der Waals surface area contributed by atoms with Gasteiger partial charge in [-0.1, -0.05) is 5.92 Å². The number of halogens is 2. The molecule has 1 rings (SSSR count). The van der Waals surface area contributed by atoms with E-state index in [0.29, 0.717) is 0 Å². The van der Waals surface area contributed by atoms with Crippen molar-refractivity contribution in [3.05, 3.63) is 28.5 Å². The zero-order valence-corrected chi connectivity index (χ0v) is 9.90. The third kappa shape index (κ3) is 3.02. The Labute approximate surface area is 95.9 Å². The van der Waals surface area contributed by atoms with Crippen LogP contribution in [0.25, 0.3) is 0 Å². The zero-order valence-electron chi connectivity index (χ0n) is 7.50. The Bertz CT molecular complexity index is 507. The molecule has 3 nitrogen and oxygen atoms in total. The zero-order chi connectivity index (χ0) is 11.5. The van der Waals surface area contributed by atoms with Crippen molar-refractivity contribution in [3.8, 4) is 12.3 Å². The number of hydrogen-bond donors (Lipinski definition) is 1. The minimum atomic E-state index is -3.72. The molecule has 0 aromatic heterocycles. The first-order valence-corrected chi connectivity index (χ1v) is 6.13. The smallest absolute Gasteiger partial charge is 0.207 e. The first-order chi connectivity index (χ1) is 6.97. The highest BCUT2D eigenvalue weighted by Gasteiger charge is 2.14. The lowest BCUT2D eigenvalue weighted by Gasteiger charge is -2.04. The summed E-state index contributed by atoms with van der Waals surface area (Å²) in [7, 11) is -3.72. The van der Waals surface area contributed by atoms with E-state index in [2.05, 4.69) is 26.6 Å². The maximum absolute atomic E-state index is 13.1. The van der Waals surface area contributed by atoms with Gasteiger partial charge >= 0.3 is 0 Å². The maximum atomic E-state index is 13.1. The fourth-order valence-corrected chi connectivity index (χ4v) is 2.06. The molecule has 15 heavy (non-hydrogen) atoms. The van der Waals surface area contributed by atoms with Crippen molar-refractivity contribution in [2.24, 2.45) is 0 Å². The molecule has 1 aromatic rings. The Morgan fingerprint density at radius 3 is 2.73 bits per heavy atom. The monoisotopic (exact) mass is 291 g/mol. The Kier molecular flexibility index (Phi) is 3.85. The molecule has 0 saturated carbocycles. The number of terminal acetylenes is 1. The lowest BCUT2D eigenvalue weighted by Crippen LogP contribution is -2.23. The van der Waals surface area contributed by atoms with Gasteiger partial charge in [-0.25, -0.2) is 12.8 Å². The average molecular weight is 292 g/mol. The van der Waals surface area contributed by atoms with E-state index in [1.165, 1.54) is 12.1 Å². The number of nitrogens with one attached hydrogen (secondary N) is 1. The molecule has 0 aliphatic heterocycles. The molecule has 0 saturated heterocycles. The van der Waals surface area contributed by atoms with Crippen molar-refractivity contribution in [2.45, 2.75) is 4.90 Å². The van der Waals surface area contributed by atoms with E-state index in [9.17, 15) is 12.8 Å². The standard InChI is InChI=1S/C9H7BrFNO2S/c1-2-5-12-15(13,14)7-3-4-8(10)9(11)6-7/h1,3-4,6,12H,5H2. The van der Waals surface area contributed by atoms with Crippen LogP contribution < -0.4 is 4.72 Å². The summed E-state index contributed by atoms with van der Waals surface area (Å²) in [6.45, 7) is -0.125. The minimum absolute atomic E-state index is 0.125. The second kappa shape index (κ2) is 4.75. The second-order valence-electron chi connectivity index (χ2n) is 2.60. The topological polar surface area (TPSA) is 46.2 Å². The summed E-state index contributed by atoms with van der Waals surface area (Å²) in [5, 5.41) is 0. The van der Waals surface area contributed by atoms with Crippen LogP contribution in [0.1, 0.15) is 0 Å². The molecule has 0 spiro atoms. The summed E-state index contributed by atoms with van der Waals surface area (Å²) in [6.07, 6.45) is 4.91. The normalized spacial score (nSPS) is 11.0. The van der Waals surface area contributed by atoms with E-state index in [1.54, 1.807) is 0 Å². The fraction of sp³-hybridized carbons (Fsp3) is 0.111. The molecule has 1 N–H and O–H groups in total. The quantitative estimate of drug-likeness (QED) is 0.858. The van der Waals surface area contributed by atoms with Gasteiger partial charge < -0.3 is 0 Å². The molecule has 0 radical (unpaired) electrons.